The zero-order chi connectivity index (χ0) is 16.3. The maximum absolute atomic E-state index is 13.0. The lowest BCUT2D eigenvalue weighted by Crippen LogP contribution is -2.18. The summed E-state index contributed by atoms with van der Waals surface area (Å²) in [6.45, 7) is 0. The average molecular weight is 343 g/mol. The van der Waals surface area contributed by atoms with Gasteiger partial charge in [0, 0.05) is 18.3 Å². The van der Waals surface area contributed by atoms with Crippen LogP contribution in [0.25, 0.3) is 0 Å². The maximum atomic E-state index is 13.0. The number of sulfonamides is 1. The number of nitrogens with one attached hydrogen (secondary N) is 2. The van der Waals surface area contributed by atoms with E-state index in [1.54, 1.807) is 6.07 Å². The van der Waals surface area contributed by atoms with Crippen LogP contribution in [0, 0.1) is 5.82 Å². The third kappa shape index (κ3) is 3.55. The average Bonchev–Trinajstić information content (AvgIpc) is 2.45. The number of benzene rings is 2. The van der Waals surface area contributed by atoms with E-state index in [9.17, 15) is 17.6 Å². The van der Waals surface area contributed by atoms with Crippen molar-refractivity contribution < 1.29 is 17.6 Å². The minimum absolute atomic E-state index is 0.196. The van der Waals surface area contributed by atoms with Gasteiger partial charge in [0.1, 0.15) is 10.7 Å². The number of rotatable bonds is 4. The first-order valence-corrected chi connectivity index (χ1v) is 7.99. The molecule has 0 radical (unpaired) electrons. The lowest BCUT2D eigenvalue weighted by Gasteiger charge is -2.10. The summed E-state index contributed by atoms with van der Waals surface area (Å²) in [6, 6.07) is 8.94. The molecule has 8 heteroatoms. The molecule has 5 nitrogen and oxygen atoms in total. The Morgan fingerprint density at radius 3 is 2.55 bits per heavy atom. The molecule has 116 valence electrons. The van der Waals surface area contributed by atoms with Gasteiger partial charge in [-0.25, -0.2) is 12.8 Å². The molecule has 0 unspecified atom stereocenters. The molecule has 22 heavy (non-hydrogen) atoms. The van der Waals surface area contributed by atoms with E-state index in [4.69, 9.17) is 11.6 Å². The second kappa shape index (κ2) is 6.33. The maximum Gasteiger partial charge on any atom is 0.263 e. The highest BCUT2D eigenvalue weighted by Gasteiger charge is 2.19. The lowest BCUT2D eigenvalue weighted by atomic mass is 10.2. The summed E-state index contributed by atoms with van der Waals surface area (Å²) in [6.07, 6.45) is 0. The van der Waals surface area contributed by atoms with Gasteiger partial charge in [-0.3, -0.25) is 9.52 Å². The topological polar surface area (TPSA) is 75.3 Å². The Morgan fingerprint density at radius 1 is 1.18 bits per heavy atom. The van der Waals surface area contributed by atoms with Gasteiger partial charge in [-0.1, -0.05) is 17.7 Å². The van der Waals surface area contributed by atoms with Gasteiger partial charge in [-0.15, -0.1) is 0 Å². The first kappa shape index (κ1) is 16.3. The Kier molecular flexibility index (Phi) is 4.68. The number of hydrogen-bond donors (Lipinski definition) is 2. The van der Waals surface area contributed by atoms with Crippen molar-refractivity contribution in [3.63, 3.8) is 0 Å². The minimum atomic E-state index is -3.99. The predicted molar refractivity (Wildman–Crippen MR) is 82.1 cm³/mol. The molecule has 2 N–H and O–H groups in total. The van der Waals surface area contributed by atoms with E-state index in [0.29, 0.717) is 5.56 Å². The predicted octanol–water partition coefficient (Wildman–Crippen LogP) is 2.64. The number of carbonyl (C=O) groups excluding carboxylic acids is 1. The molecule has 1 amide bonds. The highest BCUT2D eigenvalue weighted by atomic mass is 35.5. The monoisotopic (exact) mass is 342 g/mol. The van der Waals surface area contributed by atoms with Crippen molar-refractivity contribution in [3.8, 4) is 0 Å². The summed E-state index contributed by atoms with van der Waals surface area (Å²) in [7, 11) is -2.52. The molecule has 0 saturated heterocycles. The van der Waals surface area contributed by atoms with E-state index >= 15 is 0 Å². The van der Waals surface area contributed by atoms with E-state index in [1.807, 2.05) is 0 Å². The molecular formula is C14H12ClFN2O3S. The fourth-order valence-corrected chi connectivity index (χ4v) is 3.35. The zero-order valence-electron chi connectivity index (χ0n) is 11.4. The molecule has 2 aromatic carbocycles. The van der Waals surface area contributed by atoms with Crippen molar-refractivity contribution in [1.29, 1.82) is 0 Å². The molecule has 0 saturated carbocycles. The Morgan fingerprint density at radius 2 is 1.91 bits per heavy atom. The second-order valence-electron chi connectivity index (χ2n) is 4.34. The Balaban J connectivity index is 2.35. The van der Waals surface area contributed by atoms with Gasteiger partial charge >= 0.3 is 0 Å². The van der Waals surface area contributed by atoms with Crippen LogP contribution in [0.4, 0.5) is 10.1 Å². The molecule has 0 aromatic heterocycles. The Bertz CT molecular complexity index is 825. The number of halogens is 2. The van der Waals surface area contributed by atoms with Gasteiger partial charge in [-0.2, -0.15) is 0 Å². The molecule has 0 aliphatic heterocycles. The lowest BCUT2D eigenvalue weighted by molar-refractivity contribution is 0.0963. The van der Waals surface area contributed by atoms with E-state index in [0.717, 1.165) is 18.2 Å². The summed E-state index contributed by atoms with van der Waals surface area (Å²) in [5, 5.41) is 2.21. The molecule has 2 aromatic rings. The largest absolute Gasteiger partial charge is 0.355 e. The van der Waals surface area contributed by atoms with Crippen LogP contribution in [0.15, 0.2) is 47.4 Å². The van der Waals surface area contributed by atoms with Crippen LogP contribution < -0.4 is 10.0 Å². The van der Waals surface area contributed by atoms with E-state index in [1.165, 1.54) is 25.2 Å². The quantitative estimate of drug-likeness (QED) is 0.897. The standard InChI is InChI=1S/C14H12ClFN2O3S/c1-17-14(19)9-3-2-4-11(7-9)18-22(20,21)13-6-5-10(16)8-12(13)15/h2-8,18H,1H3,(H,17,19). The van der Waals surface area contributed by atoms with Crippen LogP contribution >= 0.6 is 11.6 Å². The fourth-order valence-electron chi connectivity index (χ4n) is 1.77. The van der Waals surface area contributed by atoms with Crippen LogP contribution in [0.5, 0.6) is 0 Å². The third-order valence-corrected chi connectivity index (χ3v) is 4.65. The van der Waals surface area contributed by atoms with Gasteiger partial charge in [0.15, 0.2) is 0 Å². The highest BCUT2D eigenvalue weighted by molar-refractivity contribution is 7.92. The smallest absolute Gasteiger partial charge is 0.263 e. The van der Waals surface area contributed by atoms with Gasteiger partial charge in [0.25, 0.3) is 15.9 Å². The number of anilines is 1. The van der Waals surface area contributed by atoms with Crippen LogP contribution in [0.2, 0.25) is 5.02 Å². The number of amides is 1. The van der Waals surface area contributed by atoms with Crippen molar-refractivity contribution in [2.24, 2.45) is 0 Å². The van der Waals surface area contributed by atoms with E-state index in [-0.39, 0.29) is 21.5 Å². The van der Waals surface area contributed by atoms with Crippen molar-refractivity contribution in [2.45, 2.75) is 4.90 Å². The summed E-state index contributed by atoms with van der Waals surface area (Å²) in [5.41, 5.74) is 0.495. The van der Waals surface area contributed by atoms with Crippen molar-refractivity contribution in [1.82, 2.24) is 5.32 Å². The molecular weight excluding hydrogens is 331 g/mol. The van der Waals surface area contributed by atoms with E-state index in [2.05, 4.69) is 10.0 Å². The first-order chi connectivity index (χ1) is 10.3. The molecule has 0 atom stereocenters. The molecule has 0 aliphatic carbocycles. The van der Waals surface area contributed by atoms with Crippen molar-refractivity contribution in [3.05, 3.63) is 58.9 Å². The Labute approximate surface area is 132 Å². The van der Waals surface area contributed by atoms with Gasteiger partial charge < -0.3 is 5.32 Å². The molecule has 0 heterocycles. The summed E-state index contributed by atoms with van der Waals surface area (Å²) >= 11 is 5.76. The van der Waals surface area contributed by atoms with Crippen LogP contribution in [-0.2, 0) is 10.0 Å². The van der Waals surface area contributed by atoms with Gasteiger partial charge in [0.2, 0.25) is 0 Å². The minimum Gasteiger partial charge on any atom is -0.355 e. The van der Waals surface area contributed by atoms with Crippen LogP contribution in [-0.4, -0.2) is 21.4 Å². The molecule has 2 rings (SSSR count). The summed E-state index contributed by atoms with van der Waals surface area (Å²) in [5.74, 6) is -0.980. The van der Waals surface area contributed by atoms with E-state index < -0.39 is 15.8 Å². The molecule has 0 fully saturated rings. The van der Waals surface area contributed by atoms with Crippen LogP contribution in [0.1, 0.15) is 10.4 Å². The fraction of sp³-hybridized carbons (Fsp3) is 0.0714. The Hall–Kier alpha value is -2.12. The summed E-state index contributed by atoms with van der Waals surface area (Å²) in [4.78, 5) is 11.3. The number of hydrogen-bond acceptors (Lipinski definition) is 3. The van der Waals surface area contributed by atoms with Crippen LogP contribution in [0.3, 0.4) is 0 Å². The summed E-state index contributed by atoms with van der Waals surface area (Å²) < 4.78 is 39.8. The first-order valence-electron chi connectivity index (χ1n) is 6.13. The van der Waals surface area contributed by atoms with Gasteiger partial charge in [0.05, 0.1) is 5.02 Å². The molecule has 0 aliphatic rings. The molecule has 0 spiro atoms. The normalized spacial score (nSPS) is 11.0. The molecule has 0 bridgehead atoms. The SMILES string of the molecule is CNC(=O)c1cccc(NS(=O)(=O)c2ccc(F)cc2Cl)c1. The zero-order valence-corrected chi connectivity index (χ0v) is 13.0. The van der Waals surface area contributed by atoms with Crippen molar-refractivity contribution in [2.75, 3.05) is 11.8 Å². The number of carbonyl (C=O) groups is 1. The second-order valence-corrected chi connectivity index (χ2v) is 6.40. The highest BCUT2D eigenvalue weighted by Crippen LogP contribution is 2.24. The van der Waals surface area contributed by atoms with Gasteiger partial charge in [-0.05, 0) is 36.4 Å². The van der Waals surface area contributed by atoms with Crippen molar-refractivity contribution >= 4 is 33.2 Å². The third-order valence-electron chi connectivity index (χ3n) is 2.79.